The van der Waals surface area contributed by atoms with Crippen molar-refractivity contribution in [2.45, 2.75) is 0 Å². The zero-order valence-corrected chi connectivity index (χ0v) is 6.63. The Kier molecular flexibility index (Phi) is 2.35. The molecule has 1 rings (SSSR count). The first-order chi connectivity index (χ1) is 5.77. The van der Waals surface area contributed by atoms with E-state index in [-0.39, 0.29) is 5.69 Å². The molecule has 0 fully saturated rings. The number of terminal acetylenes is 1. The molecule has 1 aromatic rings. The lowest BCUT2D eigenvalue weighted by atomic mass is 10.4. The van der Waals surface area contributed by atoms with Gasteiger partial charge in [-0.05, 0) is 0 Å². The number of aromatic amines is 1. The van der Waals surface area contributed by atoms with Crippen LogP contribution < -0.4 is 4.90 Å². The number of hydrogen-bond acceptors (Lipinski definition) is 3. The van der Waals surface area contributed by atoms with E-state index in [2.05, 4.69) is 22.2 Å². The van der Waals surface area contributed by atoms with Crippen LogP contribution in [0.4, 0.5) is 5.82 Å². The lowest BCUT2D eigenvalue weighted by molar-refractivity contribution is 0.971. The van der Waals surface area contributed by atoms with Gasteiger partial charge in [0.15, 0.2) is 5.69 Å². The largest absolute Gasteiger partial charge is 0.348 e. The second-order valence-electron chi connectivity index (χ2n) is 2.22. The van der Waals surface area contributed by atoms with Gasteiger partial charge in [0.2, 0.25) is 0 Å². The van der Waals surface area contributed by atoms with E-state index in [4.69, 9.17) is 11.7 Å². The molecule has 0 aliphatic rings. The van der Waals surface area contributed by atoms with Crippen molar-refractivity contribution in [3.05, 3.63) is 11.8 Å². The zero-order chi connectivity index (χ0) is 8.97. The molecule has 4 nitrogen and oxygen atoms in total. The number of hydrogen-bond donors (Lipinski definition) is 1. The monoisotopic (exact) mass is 159 g/mol. The maximum absolute atomic E-state index is 8.44. The average molecular weight is 159 g/mol. The van der Waals surface area contributed by atoms with Crippen LogP contribution >= 0.6 is 0 Å². The van der Waals surface area contributed by atoms with Crippen LogP contribution in [0.5, 0.6) is 0 Å². The Hall–Kier alpha value is -1.94. The van der Waals surface area contributed by atoms with Crippen LogP contribution in [0.25, 0.3) is 0 Å². The molecule has 0 aliphatic heterocycles. The molecule has 0 saturated heterocycles. The van der Waals surface area contributed by atoms with Gasteiger partial charge >= 0.3 is 0 Å². The lowest BCUT2D eigenvalue weighted by Crippen LogP contribution is -2.17. The molecule has 0 bridgehead atoms. The third-order valence-electron chi connectivity index (χ3n) is 1.33. The fourth-order valence-corrected chi connectivity index (χ4v) is 0.727. The van der Waals surface area contributed by atoms with Crippen molar-refractivity contribution >= 4 is 5.82 Å². The van der Waals surface area contributed by atoms with E-state index in [1.807, 2.05) is 6.07 Å². The van der Waals surface area contributed by atoms with E-state index >= 15 is 0 Å². The van der Waals surface area contributed by atoms with Crippen LogP contribution in [0.1, 0.15) is 5.69 Å². The van der Waals surface area contributed by atoms with Gasteiger partial charge in [0.1, 0.15) is 11.9 Å². The molecule has 0 amide bonds. The molecule has 1 aromatic heterocycles. The third kappa shape index (κ3) is 1.56. The maximum atomic E-state index is 8.44. The quantitative estimate of drug-likeness (QED) is 0.625. The predicted octanol–water partition coefficient (Wildman–Crippen LogP) is 0.151. The van der Waals surface area contributed by atoms with E-state index in [9.17, 15) is 0 Å². The molecule has 0 saturated carbocycles. The number of rotatable bonds is 2. The van der Waals surface area contributed by atoms with Crippen LogP contribution in [0.3, 0.4) is 0 Å². The highest BCUT2D eigenvalue weighted by atomic mass is 15.3. The van der Waals surface area contributed by atoms with Crippen LogP contribution in [0.2, 0.25) is 0 Å². The van der Waals surface area contributed by atoms with Crippen LogP contribution in [-0.2, 0) is 0 Å². The summed E-state index contributed by atoms with van der Waals surface area (Å²) in [6, 6.07) is 4.62. The zero-order valence-electron chi connectivity index (χ0n) is 6.63. The molecular weight excluding hydrogens is 152 g/mol. The molecule has 1 N–H and O–H groups in total. The minimum atomic E-state index is 0.244. The highest BCUT2D eigenvalue weighted by molar-refractivity contribution is 5.41. The molecule has 4 heteroatoms. The molecule has 1 heterocycles. The second kappa shape index (κ2) is 3.45. The van der Waals surface area contributed by atoms with Crippen LogP contribution in [-0.4, -0.2) is 23.8 Å². The summed E-state index contributed by atoms with van der Waals surface area (Å²) >= 11 is 0. The molecular formula is C8H7N4. The summed E-state index contributed by atoms with van der Waals surface area (Å²) in [5.74, 6) is 3.10. The number of nitrogens with zero attached hydrogens (tertiary/aromatic N) is 3. The van der Waals surface area contributed by atoms with Gasteiger partial charge in [-0.1, -0.05) is 5.92 Å². The topological polar surface area (TPSA) is 55.7 Å². The predicted molar refractivity (Wildman–Crippen MR) is 44.2 cm³/mol. The maximum Gasteiger partial charge on any atom is 0.172 e. The first kappa shape index (κ1) is 8.16. The Labute approximate surface area is 70.8 Å². The minimum Gasteiger partial charge on any atom is -0.348 e. The molecule has 59 valence electrons. The second-order valence-corrected chi connectivity index (χ2v) is 2.22. The summed E-state index contributed by atoms with van der Waals surface area (Å²) in [5, 5.41) is 14.8. The van der Waals surface area contributed by atoms with Crippen molar-refractivity contribution in [3.8, 4) is 18.4 Å². The van der Waals surface area contributed by atoms with Gasteiger partial charge in [0.25, 0.3) is 0 Å². The summed E-state index contributed by atoms with van der Waals surface area (Å²) in [5.41, 5.74) is 0.244. The molecule has 0 unspecified atom stereocenters. The fraction of sp³-hybridized carbons (Fsp3) is 0.250. The molecule has 12 heavy (non-hydrogen) atoms. The summed E-state index contributed by atoms with van der Waals surface area (Å²) in [6.07, 6.45) is 5.10. The molecule has 0 spiro atoms. The van der Waals surface area contributed by atoms with E-state index in [0.717, 1.165) is 0 Å². The summed E-state index contributed by atoms with van der Waals surface area (Å²) in [6.45, 7) is 0.462. The van der Waals surface area contributed by atoms with Crippen molar-refractivity contribution in [3.63, 3.8) is 0 Å². The van der Waals surface area contributed by atoms with E-state index in [1.54, 1.807) is 11.9 Å². The van der Waals surface area contributed by atoms with Gasteiger partial charge in [0.05, 0.1) is 12.6 Å². The number of nitrogens with one attached hydrogen (secondary N) is 1. The number of aromatic nitrogens is 2. The third-order valence-corrected chi connectivity index (χ3v) is 1.33. The standard InChI is InChI=1S/C8H7N4/c1-3-4-12(2)8-5-7(6-9)10-11-8/h1H,4H2,2H3,(H,10,11). The summed E-state index contributed by atoms with van der Waals surface area (Å²) in [7, 11) is 1.80. The van der Waals surface area contributed by atoms with E-state index in [1.165, 1.54) is 0 Å². The number of nitriles is 1. The van der Waals surface area contributed by atoms with Gasteiger partial charge in [-0.3, -0.25) is 5.10 Å². The molecule has 1 radical (unpaired) electrons. The highest BCUT2D eigenvalue weighted by Crippen LogP contribution is 2.06. The smallest absolute Gasteiger partial charge is 0.172 e. The number of anilines is 1. The lowest BCUT2D eigenvalue weighted by Gasteiger charge is -2.10. The van der Waals surface area contributed by atoms with Gasteiger partial charge in [-0.25, -0.2) is 0 Å². The fourth-order valence-electron chi connectivity index (χ4n) is 0.727. The normalized spacial score (nSPS) is 8.58. The van der Waals surface area contributed by atoms with E-state index < -0.39 is 0 Å². The summed E-state index contributed by atoms with van der Waals surface area (Å²) < 4.78 is 0. The Bertz CT molecular complexity index is 339. The first-order valence-electron chi connectivity index (χ1n) is 3.30. The highest BCUT2D eigenvalue weighted by Gasteiger charge is 2.03. The summed E-state index contributed by atoms with van der Waals surface area (Å²) in [4.78, 5) is 1.74. The van der Waals surface area contributed by atoms with Gasteiger partial charge in [-0.2, -0.15) is 10.4 Å². The Balaban J connectivity index is 2.77. The Morgan fingerprint density at radius 1 is 1.83 bits per heavy atom. The van der Waals surface area contributed by atoms with Gasteiger partial charge in [-0.15, -0.1) is 6.42 Å². The van der Waals surface area contributed by atoms with Gasteiger partial charge < -0.3 is 4.90 Å². The van der Waals surface area contributed by atoms with Crippen molar-refractivity contribution in [2.24, 2.45) is 0 Å². The Morgan fingerprint density at radius 3 is 3.08 bits per heavy atom. The van der Waals surface area contributed by atoms with E-state index in [0.29, 0.717) is 12.4 Å². The van der Waals surface area contributed by atoms with Crippen LogP contribution in [0.15, 0.2) is 0 Å². The SMILES string of the molecule is C#CCN(C)c1[c]c(C#N)n[nH]1. The van der Waals surface area contributed by atoms with Gasteiger partial charge in [0, 0.05) is 7.05 Å². The number of H-pyrrole nitrogens is 1. The van der Waals surface area contributed by atoms with Crippen molar-refractivity contribution in [1.82, 2.24) is 10.2 Å². The van der Waals surface area contributed by atoms with Crippen molar-refractivity contribution < 1.29 is 0 Å². The molecule has 0 aliphatic carbocycles. The van der Waals surface area contributed by atoms with Crippen LogP contribution in [0, 0.1) is 29.7 Å². The van der Waals surface area contributed by atoms with Crippen molar-refractivity contribution in [1.29, 1.82) is 5.26 Å². The van der Waals surface area contributed by atoms with Crippen molar-refractivity contribution in [2.75, 3.05) is 18.5 Å². The molecule has 0 aromatic carbocycles. The first-order valence-corrected chi connectivity index (χ1v) is 3.30. The minimum absolute atomic E-state index is 0.244. The Morgan fingerprint density at radius 2 is 2.58 bits per heavy atom. The average Bonchev–Trinajstić information content (AvgIpc) is 2.52. The molecule has 0 atom stereocenters.